The number of nitrogens with one attached hydrogen (secondary N) is 1. The molecule has 0 aliphatic carbocycles. The van der Waals surface area contributed by atoms with Crippen molar-refractivity contribution >= 4 is 34.3 Å². The van der Waals surface area contributed by atoms with Crippen molar-refractivity contribution in [1.29, 1.82) is 5.26 Å². The van der Waals surface area contributed by atoms with E-state index in [-0.39, 0.29) is 5.71 Å². The van der Waals surface area contributed by atoms with Gasteiger partial charge in [-0.25, -0.2) is 4.98 Å². The van der Waals surface area contributed by atoms with E-state index in [1.165, 1.54) is 11.3 Å². The molecule has 0 saturated heterocycles. The molecular weight excluding hydrogens is 384 g/mol. The summed E-state index contributed by atoms with van der Waals surface area (Å²) in [4.78, 5) is 4.51. The third-order valence-electron chi connectivity index (χ3n) is 3.63. The summed E-state index contributed by atoms with van der Waals surface area (Å²) in [5.41, 5.74) is 5.19. The minimum absolute atomic E-state index is 0.163. The Labute approximate surface area is 165 Å². The van der Waals surface area contributed by atoms with Crippen LogP contribution in [-0.4, -0.2) is 24.9 Å². The second-order valence-corrected chi connectivity index (χ2v) is 6.59. The van der Waals surface area contributed by atoms with Gasteiger partial charge in [-0.3, -0.25) is 5.43 Å². The van der Waals surface area contributed by atoms with E-state index in [1.54, 1.807) is 32.4 Å². The Kier molecular flexibility index (Phi) is 5.91. The van der Waals surface area contributed by atoms with Crippen molar-refractivity contribution in [3.63, 3.8) is 0 Å². The van der Waals surface area contributed by atoms with E-state index in [0.717, 1.165) is 17.0 Å². The molecule has 0 radical (unpaired) electrons. The van der Waals surface area contributed by atoms with E-state index in [2.05, 4.69) is 21.6 Å². The first-order chi connectivity index (χ1) is 13.1. The van der Waals surface area contributed by atoms with Gasteiger partial charge in [0.25, 0.3) is 0 Å². The third kappa shape index (κ3) is 4.37. The molecule has 6 nitrogen and oxygen atoms in total. The lowest BCUT2D eigenvalue weighted by Crippen LogP contribution is -2.02. The maximum Gasteiger partial charge on any atom is 0.196 e. The number of benzene rings is 2. The fourth-order valence-electron chi connectivity index (χ4n) is 2.30. The molecule has 0 bridgehead atoms. The van der Waals surface area contributed by atoms with Gasteiger partial charge in [-0.1, -0.05) is 23.7 Å². The first kappa shape index (κ1) is 18.7. The molecular formula is C19H15ClN4O2S. The molecule has 0 unspecified atom stereocenters. The van der Waals surface area contributed by atoms with Gasteiger partial charge in [-0.05, 0) is 30.3 Å². The minimum Gasteiger partial charge on any atom is -0.497 e. The number of hydrogen-bond acceptors (Lipinski definition) is 7. The number of thiazole rings is 1. The molecule has 0 aliphatic heterocycles. The summed E-state index contributed by atoms with van der Waals surface area (Å²) in [5, 5.41) is 16.5. The Balaban J connectivity index is 1.86. The van der Waals surface area contributed by atoms with E-state index in [1.807, 2.05) is 29.6 Å². The van der Waals surface area contributed by atoms with Crippen molar-refractivity contribution in [3.8, 4) is 28.8 Å². The smallest absolute Gasteiger partial charge is 0.196 e. The number of hydrazone groups is 1. The summed E-state index contributed by atoms with van der Waals surface area (Å²) in [6.45, 7) is 0. The molecule has 8 heteroatoms. The Morgan fingerprint density at radius 3 is 2.81 bits per heavy atom. The van der Waals surface area contributed by atoms with Gasteiger partial charge in [0.1, 0.15) is 17.6 Å². The summed E-state index contributed by atoms with van der Waals surface area (Å²) in [7, 11) is 3.16. The van der Waals surface area contributed by atoms with E-state index < -0.39 is 0 Å². The summed E-state index contributed by atoms with van der Waals surface area (Å²) < 4.78 is 10.5. The number of methoxy groups -OCH3 is 2. The van der Waals surface area contributed by atoms with Gasteiger partial charge in [-0.2, -0.15) is 10.4 Å². The Morgan fingerprint density at radius 2 is 2.07 bits per heavy atom. The van der Waals surface area contributed by atoms with Crippen molar-refractivity contribution in [3.05, 3.63) is 57.9 Å². The highest BCUT2D eigenvalue weighted by Gasteiger charge is 2.12. The Hall–Kier alpha value is -3.08. The van der Waals surface area contributed by atoms with Crippen molar-refractivity contribution in [2.45, 2.75) is 0 Å². The lowest BCUT2D eigenvalue weighted by Gasteiger charge is -2.07. The van der Waals surface area contributed by atoms with Crippen LogP contribution in [0.2, 0.25) is 5.02 Å². The lowest BCUT2D eigenvalue weighted by atomic mass is 10.2. The number of aromatic nitrogens is 1. The minimum atomic E-state index is 0.163. The normalized spacial score (nSPS) is 11.0. The first-order valence-corrected chi connectivity index (χ1v) is 9.08. The van der Waals surface area contributed by atoms with Crippen LogP contribution < -0.4 is 14.9 Å². The van der Waals surface area contributed by atoms with E-state index in [9.17, 15) is 5.26 Å². The standard InChI is InChI=1S/C19H15ClN4O2S/c1-25-14-5-3-4-12(8-14)17-11-27-19(22-17)16(10-21)24-23-15-9-13(20)6-7-18(15)26-2/h3-9,11,23H,1-2H3/b24-16-. The topological polar surface area (TPSA) is 79.5 Å². The number of nitrogens with zero attached hydrogens (tertiary/aromatic N) is 3. The zero-order chi connectivity index (χ0) is 19.2. The first-order valence-electron chi connectivity index (χ1n) is 7.82. The van der Waals surface area contributed by atoms with Crippen LogP contribution in [0.1, 0.15) is 5.01 Å². The summed E-state index contributed by atoms with van der Waals surface area (Å²) in [6, 6.07) is 14.7. The molecule has 2 aromatic carbocycles. The van der Waals surface area contributed by atoms with Crippen LogP contribution in [0, 0.1) is 11.3 Å². The summed E-state index contributed by atoms with van der Waals surface area (Å²) >= 11 is 7.34. The number of hydrogen-bond donors (Lipinski definition) is 1. The SMILES string of the molecule is COc1cccc(-c2csc(/C(C#N)=N\Nc3cc(Cl)ccc3OC)n2)c1. The number of ether oxygens (including phenoxy) is 2. The Morgan fingerprint density at radius 1 is 1.22 bits per heavy atom. The molecule has 0 spiro atoms. The highest BCUT2D eigenvalue weighted by atomic mass is 35.5. The van der Waals surface area contributed by atoms with Gasteiger partial charge in [0.2, 0.25) is 0 Å². The molecule has 1 aromatic heterocycles. The zero-order valence-electron chi connectivity index (χ0n) is 14.6. The molecule has 0 aliphatic rings. The zero-order valence-corrected chi connectivity index (χ0v) is 16.1. The largest absolute Gasteiger partial charge is 0.497 e. The van der Waals surface area contributed by atoms with Gasteiger partial charge in [-0.15, -0.1) is 11.3 Å². The van der Waals surface area contributed by atoms with Crippen molar-refractivity contribution in [2.24, 2.45) is 5.10 Å². The second kappa shape index (κ2) is 8.54. The molecule has 0 atom stereocenters. The highest BCUT2D eigenvalue weighted by Crippen LogP contribution is 2.28. The van der Waals surface area contributed by atoms with Gasteiger partial charge >= 0.3 is 0 Å². The number of anilines is 1. The molecule has 0 amide bonds. The van der Waals surface area contributed by atoms with Crippen molar-refractivity contribution in [2.75, 3.05) is 19.6 Å². The van der Waals surface area contributed by atoms with Crippen LogP contribution in [-0.2, 0) is 0 Å². The van der Waals surface area contributed by atoms with Crippen LogP contribution in [0.3, 0.4) is 0 Å². The quantitative estimate of drug-likeness (QED) is 0.475. The lowest BCUT2D eigenvalue weighted by molar-refractivity contribution is 0.415. The third-order valence-corrected chi connectivity index (χ3v) is 4.71. The van der Waals surface area contributed by atoms with Gasteiger partial charge in [0.15, 0.2) is 10.7 Å². The molecule has 0 fully saturated rings. The fraction of sp³-hybridized carbons (Fsp3) is 0.105. The molecule has 0 saturated carbocycles. The van der Waals surface area contributed by atoms with Crippen LogP contribution in [0.5, 0.6) is 11.5 Å². The molecule has 136 valence electrons. The van der Waals surface area contributed by atoms with Gasteiger partial charge in [0.05, 0.1) is 25.6 Å². The maximum atomic E-state index is 9.47. The predicted molar refractivity (Wildman–Crippen MR) is 108 cm³/mol. The monoisotopic (exact) mass is 398 g/mol. The van der Waals surface area contributed by atoms with E-state index in [0.29, 0.717) is 21.5 Å². The number of halogens is 1. The van der Waals surface area contributed by atoms with Gasteiger partial charge in [0, 0.05) is 16.0 Å². The van der Waals surface area contributed by atoms with Crippen LogP contribution in [0.4, 0.5) is 5.69 Å². The van der Waals surface area contributed by atoms with Crippen LogP contribution >= 0.6 is 22.9 Å². The number of rotatable bonds is 6. The average Bonchev–Trinajstić information content (AvgIpc) is 3.19. The maximum absolute atomic E-state index is 9.47. The van der Waals surface area contributed by atoms with E-state index in [4.69, 9.17) is 21.1 Å². The van der Waals surface area contributed by atoms with Crippen LogP contribution in [0.25, 0.3) is 11.3 Å². The average molecular weight is 399 g/mol. The fourth-order valence-corrected chi connectivity index (χ4v) is 3.24. The predicted octanol–water partition coefficient (Wildman–Crippen LogP) is 4.82. The molecule has 1 heterocycles. The molecule has 3 aromatic rings. The van der Waals surface area contributed by atoms with E-state index >= 15 is 0 Å². The van der Waals surface area contributed by atoms with Crippen molar-refractivity contribution in [1.82, 2.24) is 4.98 Å². The van der Waals surface area contributed by atoms with Crippen LogP contribution in [0.15, 0.2) is 52.9 Å². The Bertz CT molecular complexity index is 1030. The van der Waals surface area contributed by atoms with Crippen molar-refractivity contribution < 1.29 is 9.47 Å². The second-order valence-electron chi connectivity index (χ2n) is 5.30. The highest BCUT2D eigenvalue weighted by molar-refractivity contribution is 7.12. The van der Waals surface area contributed by atoms with Gasteiger partial charge < -0.3 is 9.47 Å². The summed E-state index contributed by atoms with van der Waals surface area (Å²) in [5.74, 6) is 1.31. The number of nitriles is 1. The molecule has 1 N–H and O–H groups in total. The molecule has 27 heavy (non-hydrogen) atoms. The molecule has 3 rings (SSSR count). The summed E-state index contributed by atoms with van der Waals surface area (Å²) in [6.07, 6.45) is 0.